The lowest BCUT2D eigenvalue weighted by molar-refractivity contribution is 1.02. The van der Waals surface area contributed by atoms with Crippen molar-refractivity contribution in [3.63, 3.8) is 0 Å². The number of nitrogens with zero attached hydrogens (tertiary/aromatic N) is 3. The zero-order chi connectivity index (χ0) is 41.4. The third-order valence-electron chi connectivity index (χ3n) is 12.9. The number of thiophene rings is 1. The van der Waals surface area contributed by atoms with Gasteiger partial charge in [0.15, 0.2) is 5.82 Å². The average molecular weight is 820 g/mol. The van der Waals surface area contributed by atoms with E-state index in [2.05, 4.69) is 217 Å². The zero-order valence-electron chi connectivity index (χ0n) is 34.1. The van der Waals surface area contributed by atoms with E-state index in [-0.39, 0.29) is 5.92 Å². The lowest BCUT2D eigenvalue weighted by Crippen LogP contribution is -2.04. The Balaban J connectivity index is 1.14. The van der Waals surface area contributed by atoms with E-state index in [1.807, 2.05) is 6.07 Å². The monoisotopic (exact) mass is 819 g/mol. The lowest BCUT2D eigenvalue weighted by atomic mass is 9.88. The molecule has 0 N–H and O–H groups in total. The highest BCUT2D eigenvalue weighted by Gasteiger charge is 2.31. The molecule has 3 nitrogen and oxygen atoms in total. The van der Waals surface area contributed by atoms with E-state index < -0.39 is 0 Å². The van der Waals surface area contributed by atoms with Crippen molar-refractivity contribution in [2.45, 2.75) is 5.92 Å². The molecule has 13 rings (SSSR count). The Labute approximate surface area is 368 Å². The van der Waals surface area contributed by atoms with E-state index in [0.29, 0.717) is 0 Å². The quantitative estimate of drug-likeness (QED) is 0.167. The second kappa shape index (κ2) is 14.3. The summed E-state index contributed by atoms with van der Waals surface area (Å²) in [7, 11) is 0. The van der Waals surface area contributed by atoms with Crippen molar-refractivity contribution in [1.82, 2.24) is 14.5 Å². The molecule has 0 unspecified atom stereocenters. The summed E-state index contributed by atoms with van der Waals surface area (Å²) in [6.45, 7) is 0. The molecule has 0 saturated carbocycles. The minimum absolute atomic E-state index is 0.123. The van der Waals surface area contributed by atoms with Gasteiger partial charge in [-0.25, -0.2) is 9.97 Å². The molecule has 0 aliphatic heterocycles. The van der Waals surface area contributed by atoms with Gasteiger partial charge in [-0.05, 0) is 69.3 Å². The number of benzene rings is 9. The fourth-order valence-corrected chi connectivity index (χ4v) is 11.3. The molecule has 9 aromatic carbocycles. The van der Waals surface area contributed by atoms with Gasteiger partial charge in [-0.15, -0.1) is 11.3 Å². The van der Waals surface area contributed by atoms with Crippen molar-refractivity contribution < 1.29 is 0 Å². The number of hydrogen-bond donors (Lipinski definition) is 0. The Bertz CT molecular complexity index is 3630. The first-order chi connectivity index (χ1) is 31.3. The van der Waals surface area contributed by atoms with Gasteiger partial charge in [-0.3, -0.25) is 0 Å². The Hall–Kier alpha value is -7.92. The Morgan fingerprint density at radius 1 is 0.397 bits per heavy atom. The number of hydrogen-bond acceptors (Lipinski definition) is 3. The van der Waals surface area contributed by atoms with Crippen molar-refractivity contribution in [2.75, 3.05) is 0 Å². The van der Waals surface area contributed by atoms with Gasteiger partial charge in [-0.2, -0.15) is 0 Å². The molecule has 0 fully saturated rings. The molecule has 0 radical (unpaired) electrons. The first kappa shape index (κ1) is 35.8. The fourth-order valence-electron chi connectivity index (χ4n) is 10.1. The van der Waals surface area contributed by atoms with Crippen LogP contribution in [0.5, 0.6) is 0 Å². The van der Waals surface area contributed by atoms with Gasteiger partial charge < -0.3 is 4.57 Å². The Morgan fingerprint density at radius 2 is 0.937 bits per heavy atom. The maximum Gasteiger partial charge on any atom is 0.160 e. The summed E-state index contributed by atoms with van der Waals surface area (Å²) >= 11 is 1.77. The van der Waals surface area contributed by atoms with E-state index in [9.17, 15) is 0 Å². The summed E-state index contributed by atoms with van der Waals surface area (Å²) in [5.41, 5.74) is 18.6. The summed E-state index contributed by atoms with van der Waals surface area (Å²) in [5, 5.41) is 3.60. The molecular formula is C59H37N3S. The minimum Gasteiger partial charge on any atom is -0.308 e. The topological polar surface area (TPSA) is 30.7 Å². The SMILES string of the molecule is c1ccc(-c2nc(-c3cc(-c4ccccc4)c(-n4c5ccccc5c5ccc(C6c7ccccc7-c7ccccc76)cc54)c(-c4ccccc4)c3)c3sc4ccccc4c3n2)cc1. The van der Waals surface area contributed by atoms with Crippen LogP contribution in [0.25, 0.3) is 104 Å². The van der Waals surface area contributed by atoms with Gasteiger partial charge >= 0.3 is 0 Å². The van der Waals surface area contributed by atoms with Gasteiger partial charge in [0.25, 0.3) is 0 Å². The van der Waals surface area contributed by atoms with Crippen molar-refractivity contribution in [3.05, 3.63) is 235 Å². The predicted molar refractivity (Wildman–Crippen MR) is 264 cm³/mol. The maximum absolute atomic E-state index is 5.48. The maximum atomic E-state index is 5.48. The van der Waals surface area contributed by atoms with E-state index in [1.54, 1.807) is 11.3 Å². The standard InChI is InChI=1S/C59H37N3S/c1-4-18-37(19-5-1)49-34-41(55-58-56(48-29-15-17-31-53(48)63-58)61-59(60-55)39-22-8-3-9-23-39)35-50(38-20-6-2-7-21-38)57(49)62-51-30-16-14-26-44(51)45-33-32-40(36-52(45)62)54-46-27-12-10-24-42(46)43-25-11-13-28-47(43)54/h1-36,54H. The van der Waals surface area contributed by atoms with Crippen LogP contribution in [0.1, 0.15) is 22.6 Å². The number of rotatable bonds is 6. The predicted octanol–water partition coefficient (Wildman–Crippen LogP) is 15.8. The molecule has 1 aliphatic rings. The summed E-state index contributed by atoms with van der Waals surface area (Å²) < 4.78 is 4.82. The van der Waals surface area contributed by atoms with Crippen LogP contribution in [0.3, 0.4) is 0 Å². The molecule has 3 aromatic heterocycles. The molecule has 0 atom stereocenters. The Morgan fingerprint density at radius 3 is 1.60 bits per heavy atom. The first-order valence-corrected chi connectivity index (χ1v) is 22.3. The number of fused-ring (bicyclic) bond motifs is 9. The van der Waals surface area contributed by atoms with Crippen molar-refractivity contribution >= 4 is 53.4 Å². The van der Waals surface area contributed by atoms with E-state index in [4.69, 9.17) is 9.97 Å². The summed E-state index contributed by atoms with van der Waals surface area (Å²) in [6.07, 6.45) is 0. The van der Waals surface area contributed by atoms with Crippen LogP contribution in [0.4, 0.5) is 0 Å². The van der Waals surface area contributed by atoms with Gasteiger partial charge in [0.2, 0.25) is 0 Å². The molecule has 12 aromatic rings. The molecule has 0 spiro atoms. The van der Waals surface area contributed by atoms with Gasteiger partial charge in [0, 0.05) is 49.0 Å². The van der Waals surface area contributed by atoms with E-state index in [1.165, 1.54) is 54.3 Å². The summed E-state index contributed by atoms with van der Waals surface area (Å²) in [4.78, 5) is 10.8. The molecule has 0 saturated heterocycles. The van der Waals surface area contributed by atoms with Crippen LogP contribution in [-0.4, -0.2) is 14.5 Å². The van der Waals surface area contributed by atoms with Gasteiger partial charge in [-0.1, -0.05) is 188 Å². The number of para-hydroxylation sites is 1. The van der Waals surface area contributed by atoms with E-state index in [0.717, 1.165) is 66.2 Å². The zero-order valence-corrected chi connectivity index (χ0v) is 34.9. The van der Waals surface area contributed by atoms with Crippen LogP contribution in [0.2, 0.25) is 0 Å². The van der Waals surface area contributed by atoms with Crippen molar-refractivity contribution in [1.29, 1.82) is 0 Å². The third-order valence-corrected chi connectivity index (χ3v) is 14.1. The average Bonchev–Trinajstić information content (AvgIpc) is 4.02. The van der Waals surface area contributed by atoms with Crippen LogP contribution in [0, 0.1) is 0 Å². The Kier molecular flexibility index (Phi) is 8.15. The first-order valence-electron chi connectivity index (χ1n) is 21.5. The molecule has 0 amide bonds. The molecular weight excluding hydrogens is 783 g/mol. The van der Waals surface area contributed by atoms with Crippen molar-refractivity contribution in [2.24, 2.45) is 0 Å². The second-order valence-corrected chi connectivity index (χ2v) is 17.5. The minimum atomic E-state index is 0.123. The molecule has 1 aliphatic carbocycles. The van der Waals surface area contributed by atoms with Gasteiger partial charge in [0.1, 0.15) is 0 Å². The smallest absolute Gasteiger partial charge is 0.160 e. The highest BCUT2D eigenvalue weighted by Crippen LogP contribution is 2.50. The summed E-state index contributed by atoms with van der Waals surface area (Å²) in [6, 6.07) is 79.4. The highest BCUT2D eigenvalue weighted by atomic mass is 32.1. The summed E-state index contributed by atoms with van der Waals surface area (Å²) in [5.74, 6) is 0.844. The third kappa shape index (κ3) is 5.65. The molecule has 3 heterocycles. The molecule has 63 heavy (non-hydrogen) atoms. The second-order valence-electron chi connectivity index (χ2n) is 16.4. The molecule has 0 bridgehead atoms. The van der Waals surface area contributed by atoms with Crippen LogP contribution in [-0.2, 0) is 0 Å². The van der Waals surface area contributed by atoms with Crippen LogP contribution >= 0.6 is 11.3 Å². The normalized spacial score (nSPS) is 12.4. The van der Waals surface area contributed by atoms with Crippen LogP contribution in [0.15, 0.2) is 218 Å². The fraction of sp³-hybridized carbons (Fsp3) is 0.0169. The molecule has 294 valence electrons. The van der Waals surface area contributed by atoms with Crippen LogP contribution < -0.4 is 0 Å². The number of aromatic nitrogens is 3. The highest BCUT2D eigenvalue weighted by molar-refractivity contribution is 7.26. The van der Waals surface area contributed by atoms with E-state index >= 15 is 0 Å². The van der Waals surface area contributed by atoms with Crippen molar-refractivity contribution in [3.8, 4) is 61.7 Å². The largest absolute Gasteiger partial charge is 0.308 e. The lowest BCUT2D eigenvalue weighted by Gasteiger charge is -2.22. The molecule has 4 heteroatoms. The van der Waals surface area contributed by atoms with Gasteiger partial charge in [0.05, 0.1) is 32.6 Å².